The minimum absolute atomic E-state index is 0.316. The van der Waals surface area contributed by atoms with Crippen molar-refractivity contribution in [3.05, 3.63) is 45.9 Å². The fourth-order valence-electron chi connectivity index (χ4n) is 3.66. The van der Waals surface area contributed by atoms with Gasteiger partial charge in [-0.1, -0.05) is 25.7 Å². The molecule has 0 atom stereocenters. The van der Waals surface area contributed by atoms with Crippen LogP contribution in [0.3, 0.4) is 0 Å². The standard InChI is InChI=1S/C22H26N4O4S2/c1-15-17(25-9-13-31-21(25)23-15)19(27)29-11-7-5-3-4-6-8-12-30-20(28)18-16(2)24-22-26(18)10-14-32-22/h9-10,13-14H,3-8,11-12H2,1-2H3. The van der Waals surface area contributed by atoms with Crippen LogP contribution in [0, 0.1) is 13.8 Å². The van der Waals surface area contributed by atoms with Crippen molar-refractivity contribution >= 4 is 44.5 Å². The van der Waals surface area contributed by atoms with E-state index in [-0.39, 0.29) is 11.9 Å². The maximum atomic E-state index is 12.3. The molecule has 4 heterocycles. The van der Waals surface area contributed by atoms with Crippen LogP contribution in [0.25, 0.3) is 9.92 Å². The molecule has 0 N–H and O–H groups in total. The molecule has 4 aromatic rings. The van der Waals surface area contributed by atoms with Crippen molar-refractivity contribution in [1.29, 1.82) is 0 Å². The number of esters is 2. The maximum absolute atomic E-state index is 12.3. The third-order valence-corrected chi connectivity index (χ3v) is 6.78. The van der Waals surface area contributed by atoms with Crippen molar-refractivity contribution in [3.63, 3.8) is 0 Å². The highest BCUT2D eigenvalue weighted by atomic mass is 32.1. The molecular formula is C22H26N4O4S2. The number of carbonyl (C=O) groups excluding carboxylic acids is 2. The van der Waals surface area contributed by atoms with Crippen LogP contribution in [-0.2, 0) is 9.47 Å². The van der Waals surface area contributed by atoms with Gasteiger partial charge < -0.3 is 9.47 Å². The molecule has 8 nitrogen and oxygen atoms in total. The molecule has 0 aliphatic heterocycles. The molecule has 0 spiro atoms. The predicted molar refractivity (Wildman–Crippen MR) is 124 cm³/mol. The summed E-state index contributed by atoms with van der Waals surface area (Å²) in [6.07, 6.45) is 9.47. The summed E-state index contributed by atoms with van der Waals surface area (Å²) in [4.78, 5) is 35.0. The third kappa shape index (κ3) is 4.86. The molecule has 0 aliphatic carbocycles. The first-order chi connectivity index (χ1) is 15.6. The number of aryl methyl sites for hydroxylation is 2. The number of unbranched alkanes of at least 4 members (excludes halogenated alkanes) is 5. The number of rotatable bonds is 11. The molecule has 10 heteroatoms. The number of fused-ring (bicyclic) bond motifs is 2. The molecule has 0 aliphatic rings. The molecule has 32 heavy (non-hydrogen) atoms. The smallest absolute Gasteiger partial charge is 0.357 e. The van der Waals surface area contributed by atoms with Crippen molar-refractivity contribution in [2.75, 3.05) is 13.2 Å². The van der Waals surface area contributed by atoms with Crippen LogP contribution in [0.1, 0.15) is 70.9 Å². The Bertz CT molecular complexity index is 1120. The zero-order valence-corrected chi connectivity index (χ0v) is 19.8. The number of hydrogen-bond acceptors (Lipinski definition) is 8. The quantitative estimate of drug-likeness (QED) is 0.223. The molecule has 0 bridgehead atoms. The highest BCUT2D eigenvalue weighted by Gasteiger charge is 2.19. The minimum Gasteiger partial charge on any atom is -0.461 e. The lowest BCUT2D eigenvalue weighted by molar-refractivity contribution is 0.0475. The van der Waals surface area contributed by atoms with Gasteiger partial charge in [0.15, 0.2) is 21.3 Å². The van der Waals surface area contributed by atoms with Gasteiger partial charge in [-0.3, -0.25) is 8.80 Å². The highest BCUT2D eigenvalue weighted by molar-refractivity contribution is 7.15. The summed E-state index contributed by atoms with van der Waals surface area (Å²) in [5, 5.41) is 3.81. The van der Waals surface area contributed by atoms with Crippen molar-refractivity contribution in [2.45, 2.75) is 52.4 Å². The Balaban J connectivity index is 1.06. The van der Waals surface area contributed by atoms with Crippen molar-refractivity contribution in [2.24, 2.45) is 0 Å². The monoisotopic (exact) mass is 474 g/mol. The van der Waals surface area contributed by atoms with Crippen molar-refractivity contribution in [1.82, 2.24) is 18.8 Å². The Morgan fingerprint density at radius 1 is 0.750 bits per heavy atom. The molecule has 0 amide bonds. The first-order valence-corrected chi connectivity index (χ1v) is 12.5. The fourth-order valence-corrected chi connectivity index (χ4v) is 5.18. The second-order valence-electron chi connectivity index (χ2n) is 7.60. The Morgan fingerprint density at radius 3 is 1.59 bits per heavy atom. The molecule has 0 aromatic carbocycles. The third-order valence-electron chi connectivity index (χ3n) is 5.26. The second-order valence-corrected chi connectivity index (χ2v) is 9.34. The van der Waals surface area contributed by atoms with E-state index >= 15 is 0 Å². The van der Waals surface area contributed by atoms with Crippen molar-refractivity contribution in [3.8, 4) is 0 Å². The van der Waals surface area contributed by atoms with E-state index in [0.717, 1.165) is 48.4 Å². The summed E-state index contributed by atoms with van der Waals surface area (Å²) in [6.45, 7) is 4.48. The van der Waals surface area contributed by atoms with Crippen LogP contribution in [0.15, 0.2) is 23.2 Å². The van der Waals surface area contributed by atoms with E-state index in [9.17, 15) is 9.59 Å². The summed E-state index contributed by atoms with van der Waals surface area (Å²) >= 11 is 3.00. The van der Waals surface area contributed by atoms with Gasteiger partial charge in [0.25, 0.3) is 0 Å². The lowest BCUT2D eigenvalue weighted by Crippen LogP contribution is -2.10. The fraction of sp³-hybridized carbons (Fsp3) is 0.455. The maximum Gasteiger partial charge on any atom is 0.357 e. The van der Waals surface area contributed by atoms with E-state index < -0.39 is 0 Å². The second kappa shape index (κ2) is 10.3. The van der Waals surface area contributed by atoms with Gasteiger partial charge in [0.1, 0.15) is 0 Å². The molecule has 4 rings (SSSR count). The number of ether oxygens (including phenoxy) is 2. The van der Waals surface area contributed by atoms with E-state index in [0.29, 0.717) is 36.0 Å². The van der Waals surface area contributed by atoms with Crippen LogP contribution in [-0.4, -0.2) is 43.9 Å². The zero-order valence-electron chi connectivity index (χ0n) is 18.2. The van der Waals surface area contributed by atoms with Gasteiger partial charge in [0.05, 0.1) is 24.6 Å². The van der Waals surface area contributed by atoms with Crippen LogP contribution >= 0.6 is 22.7 Å². The van der Waals surface area contributed by atoms with Gasteiger partial charge >= 0.3 is 11.9 Å². The van der Waals surface area contributed by atoms with Gasteiger partial charge in [-0.25, -0.2) is 19.6 Å². The lowest BCUT2D eigenvalue weighted by atomic mass is 10.1. The Hall–Kier alpha value is -2.72. The first kappa shape index (κ1) is 22.5. The number of carbonyl (C=O) groups is 2. The number of aromatic nitrogens is 4. The minimum atomic E-state index is -0.316. The summed E-state index contributed by atoms with van der Waals surface area (Å²) < 4.78 is 14.4. The average molecular weight is 475 g/mol. The highest BCUT2D eigenvalue weighted by Crippen LogP contribution is 2.19. The van der Waals surface area contributed by atoms with E-state index in [1.807, 2.05) is 37.0 Å². The van der Waals surface area contributed by atoms with E-state index in [1.54, 1.807) is 8.80 Å². The summed E-state index contributed by atoms with van der Waals surface area (Å²) in [5.41, 5.74) is 2.43. The van der Waals surface area contributed by atoms with Crippen LogP contribution in [0.4, 0.5) is 0 Å². The normalized spacial score (nSPS) is 11.4. The number of nitrogens with zero attached hydrogens (tertiary/aromatic N) is 4. The molecule has 0 radical (unpaired) electrons. The van der Waals surface area contributed by atoms with E-state index in [1.165, 1.54) is 22.7 Å². The van der Waals surface area contributed by atoms with Gasteiger partial charge in [0, 0.05) is 23.2 Å². The van der Waals surface area contributed by atoms with Crippen LogP contribution in [0.2, 0.25) is 0 Å². The first-order valence-electron chi connectivity index (χ1n) is 10.7. The topological polar surface area (TPSA) is 87.2 Å². The van der Waals surface area contributed by atoms with E-state index in [2.05, 4.69) is 9.97 Å². The molecule has 170 valence electrons. The number of thiazole rings is 2. The molecule has 0 saturated heterocycles. The summed E-state index contributed by atoms with van der Waals surface area (Å²) in [5.74, 6) is -0.633. The average Bonchev–Trinajstić information content (AvgIpc) is 3.50. The lowest BCUT2D eigenvalue weighted by Gasteiger charge is -2.06. The molecule has 0 fully saturated rings. The summed E-state index contributed by atoms with van der Waals surface area (Å²) in [6, 6.07) is 0. The molecular weight excluding hydrogens is 448 g/mol. The van der Waals surface area contributed by atoms with Gasteiger partial charge in [-0.05, 0) is 26.7 Å². The van der Waals surface area contributed by atoms with E-state index in [4.69, 9.17) is 9.47 Å². The summed E-state index contributed by atoms with van der Waals surface area (Å²) in [7, 11) is 0. The number of hydrogen-bond donors (Lipinski definition) is 0. The Labute approximate surface area is 193 Å². The van der Waals surface area contributed by atoms with Gasteiger partial charge in [-0.15, -0.1) is 22.7 Å². The zero-order chi connectivity index (χ0) is 22.5. The van der Waals surface area contributed by atoms with Crippen LogP contribution < -0.4 is 0 Å². The predicted octanol–water partition coefficient (Wildman–Crippen LogP) is 5.08. The van der Waals surface area contributed by atoms with Crippen LogP contribution in [0.5, 0.6) is 0 Å². The SMILES string of the molecule is Cc1nc2sccn2c1C(=O)OCCCCCCCCOC(=O)c1c(C)nc2sccn12. The molecule has 4 aromatic heterocycles. The molecule has 0 unspecified atom stereocenters. The Morgan fingerprint density at radius 2 is 1.16 bits per heavy atom. The Kier molecular flexibility index (Phi) is 7.21. The number of imidazole rings is 2. The van der Waals surface area contributed by atoms with Crippen molar-refractivity contribution < 1.29 is 19.1 Å². The molecule has 0 saturated carbocycles. The van der Waals surface area contributed by atoms with Gasteiger partial charge in [-0.2, -0.15) is 0 Å². The van der Waals surface area contributed by atoms with Gasteiger partial charge in [0.2, 0.25) is 0 Å². The largest absolute Gasteiger partial charge is 0.461 e.